The van der Waals surface area contributed by atoms with Gasteiger partial charge < -0.3 is 10.8 Å². The van der Waals surface area contributed by atoms with Crippen LogP contribution < -0.4 is 5.73 Å². The van der Waals surface area contributed by atoms with Crippen molar-refractivity contribution in [3.63, 3.8) is 0 Å². The van der Waals surface area contributed by atoms with Crippen molar-refractivity contribution in [2.45, 2.75) is 18.5 Å². The lowest BCUT2D eigenvalue weighted by atomic mass is 10.0. The van der Waals surface area contributed by atoms with Gasteiger partial charge in [-0.15, -0.1) is 11.3 Å². The zero-order valence-corrected chi connectivity index (χ0v) is 10.1. The number of carbonyl (C=O) groups is 1. The summed E-state index contributed by atoms with van der Waals surface area (Å²) >= 11 is 7.13. The summed E-state index contributed by atoms with van der Waals surface area (Å²) in [4.78, 5) is 17.9. The second-order valence-corrected chi connectivity index (χ2v) is 5.70. The topological polar surface area (TPSA) is 79.5 Å². The smallest absolute Gasteiger partial charge is 0.325 e. The minimum Gasteiger partial charge on any atom is -0.480 e. The Kier molecular flexibility index (Phi) is 3.16. The zero-order chi connectivity index (χ0) is 11.8. The third kappa shape index (κ3) is 2.35. The number of likely N-dealkylation sites (tertiary alicyclic amines) is 1. The van der Waals surface area contributed by atoms with Crippen molar-refractivity contribution < 1.29 is 9.90 Å². The average molecular weight is 262 g/mol. The van der Waals surface area contributed by atoms with Gasteiger partial charge in [-0.25, -0.2) is 4.98 Å². The number of carboxylic acids is 1. The van der Waals surface area contributed by atoms with Crippen LogP contribution in [-0.4, -0.2) is 39.6 Å². The highest BCUT2D eigenvalue weighted by molar-refractivity contribution is 7.15. The van der Waals surface area contributed by atoms with Crippen molar-refractivity contribution in [1.82, 2.24) is 9.88 Å². The summed E-state index contributed by atoms with van der Waals surface area (Å²) in [6, 6.07) is 0. The number of nitrogens with two attached hydrogens (primary N) is 1. The molecule has 1 saturated heterocycles. The van der Waals surface area contributed by atoms with Gasteiger partial charge in [-0.05, 0) is 6.42 Å². The SMILES string of the molecule is NC1(C(=O)O)CCN(Cc2cnc(Cl)s2)C1. The van der Waals surface area contributed by atoms with Crippen LogP contribution in [0.2, 0.25) is 4.47 Å². The molecule has 0 amide bonds. The standard InChI is InChI=1S/C9H12ClN3O2S/c10-8-12-3-6(16-8)4-13-2-1-9(11,5-13)7(14)15/h3H,1-2,4-5,11H2,(H,14,15). The fourth-order valence-electron chi connectivity index (χ4n) is 1.80. The molecular weight excluding hydrogens is 250 g/mol. The Morgan fingerprint density at radius 1 is 1.81 bits per heavy atom. The second-order valence-electron chi connectivity index (χ2n) is 4.00. The molecular formula is C9H12ClN3O2S. The summed E-state index contributed by atoms with van der Waals surface area (Å²) in [7, 11) is 0. The molecule has 1 unspecified atom stereocenters. The molecule has 1 aliphatic rings. The zero-order valence-electron chi connectivity index (χ0n) is 8.52. The molecule has 2 heterocycles. The van der Waals surface area contributed by atoms with Crippen LogP contribution in [0, 0.1) is 0 Å². The Bertz CT molecular complexity index is 411. The first-order valence-corrected chi connectivity index (χ1v) is 6.04. The number of halogens is 1. The van der Waals surface area contributed by atoms with E-state index in [-0.39, 0.29) is 0 Å². The first-order chi connectivity index (χ1) is 7.49. The predicted octanol–water partition coefficient (Wildman–Crippen LogP) is 0.784. The van der Waals surface area contributed by atoms with E-state index in [1.807, 2.05) is 4.90 Å². The summed E-state index contributed by atoms with van der Waals surface area (Å²) < 4.78 is 0.506. The van der Waals surface area contributed by atoms with Crippen LogP contribution in [0.4, 0.5) is 0 Å². The molecule has 3 N–H and O–H groups in total. The molecule has 16 heavy (non-hydrogen) atoms. The number of hydrogen-bond donors (Lipinski definition) is 2. The molecule has 1 aromatic rings. The highest BCUT2D eigenvalue weighted by Crippen LogP contribution is 2.24. The molecule has 0 aromatic carbocycles. The van der Waals surface area contributed by atoms with E-state index in [0.29, 0.717) is 30.5 Å². The monoisotopic (exact) mass is 261 g/mol. The molecule has 1 fully saturated rings. The molecule has 0 bridgehead atoms. The lowest BCUT2D eigenvalue weighted by molar-refractivity contribution is -0.142. The molecule has 0 spiro atoms. The molecule has 1 atom stereocenters. The summed E-state index contributed by atoms with van der Waals surface area (Å²) in [5, 5.41) is 8.98. The van der Waals surface area contributed by atoms with Crippen molar-refractivity contribution in [1.29, 1.82) is 0 Å². The van der Waals surface area contributed by atoms with Crippen molar-refractivity contribution >= 4 is 28.9 Å². The van der Waals surface area contributed by atoms with Gasteiger partial charge in [0.15, 0.2) is 4.47 Å². The van der Waals surface area contributed by atoms with Crippen molar-refractivity contribution in [3.8, 4) is 0 Å². The molecule has 1 aliphatic heterocycles. The van der Waals surface area contributed by atoms with Gasteiger partial charge in [0.05, 0.1) is 0 Å². The van der Waals surface area contributed by atoms with E-state index >= 15 is 0 Å². The summed E-state index contributed by atoms with van der Waals surface area (Å²) in [5.74, 6) is -0.933. The van der Waals surface area contributed by atoms with Crippen LogP contribution >= 0.6 is 22.9 Å². The number of nitrogens with zero attached hydrogens (tertiary/aromatic N) is 2. The van der Waals surface area contributed by atoms with Gasteiger partial charge >= 0.3 is 5.97 Å². The Labute approximate surface area is 102 Å². The van der Waals surface area contributed by atoms with Gasteiger partial charge in [-0.3, -0.25) is 9.69 Å². The Morgan fingerprint density at radius 2 is 2.56 bits per heavy atom. The molecule has 88 valence electrons. The molecule has 5 nitrogen and oxygen atoms in total. The maximum absolute atomic E-state index is 10.9. The lowest BCUT2D eigenvalue weighted by Crippen LogP contribution is -2.49. The van der Waals surface area contributed by atoms with E-state index < -0.39 is 11.5 Å². The highest BCUT2D eigenvalue weighted by Gasteiger charge is 2.41. The Hall–Kier alpha value is -0.690. The van der Waals surface area contributed by atoms with Crippen LogP contribution in [0.5, 0.6) is 0 Å². The minimum absolute atomic E-state index is 0.373. The van der Waals surface area contributed by atoms with Crippen molar-refractivity contribution in [2.75, 3.05) is 13.1 Å². The fraction of sp³-hybridized carbons (Fsp3) is 0.556. The van der Waals surface area contributed by atoms with Crippen molar-refractivity contribution in [3.05, 3.63) is 15.5 Å². The first-order valence-electron chi connectivity index (χ1n) is 4.84. The number of rotatable bonds is 3. The maximum atomic E-state index is 10.9. The second kappa shape index (κ2) is 4.29. The largest absolute Gasteiger partial charge is 0.480 e. The van der Waals surface area contributed by atoms with Gasteiger partial charge in [-0.2, -0.15) is 0 Å². The lowest BCUT2D eigenvalue weighted by Gasteiger charge is -2.19. The van der Waals surface area contributed by atoms with Crippen molar-refractivity contribution in [2.24, 2.45) is 5.73 Å². The van der Waals surface area contributed by atoms with Gasteiger partial charge in [0.25, 0.3) is 0 Å². The fourth-order valence-corrected chi connectivity index (χ4v) is 2.82. The molecule has 0 radical (unpaired) electrons. The Morgan fingerprint density at radius 3 is 3.06 bits per heavy atom. The third-order valence-corrected chi connectivity index (χ3v) is 3.81. The highest BCUT2D eigenvalue weighted by atomic mass is 35.5. The number of hydrogen-bond acceptors (Lipinski definition) is 5. The Balaban J connectivity index is 1.97. The van der Waals surface area contributed by atoms with E-state index in [9.17, 15) is 4.79 Å². The number of thiazole rings is 1. The van der Waals surface area contributed by atoms with E-state index in [2.05, 4.69) is 4.98 Å². The van der Waals surface area contributed by atoms with E-state index in [4.69, 9.17) is 22.4 Å². The third-order valence-electron chi connectivity index (χ3n) is 2.71. The summed E-state index contributed by atoms with van der Waals surface area (Å²) in [5.41, 5.74) is 4.67. The van der Waals surface area contributed by atoms with Gasteiger partial charge in [-0.1, -0.05) is 11.6 Å². The van der Waals surface area contributed by atoms with E-state index in [1.54, 1.807) is 6.20 Å². The molecule has 1 aromatic heterocycles. The van der Waals surface area contributed by atoms with Crippen LogP contribution in [-0.2, 0) is 11.3 Å². The quantitative estimate of drug-likeness (QED) is 0.841. The van der Waals surface area contributed by atoms with Gasteiger partial charge in [0.1, 0.15) is 5.54 Å². The van der Waals surface area contributed by atoms with Crippen LogP contribution in [0.1, 0.15) is 11.3 Å². The van der Waals surface area contributed by atoms with Crippen LogP contribution in [0.25, 0.3) is 0 Å². The minimum atomic E-state index is -1.10. The maximum Gasteiger partial charge on any atom is 0.325 e. The average Bonchev–Trinajstić information content (AvgIpc) is 2.75. The number of carboxylic acid groups (broad SMARTS) is 1. The normalized spacial score (nSPS) is 26.1. The van der Waals surface area contributed by atoms with Crippen LogP contribution in [0.3, 0.4) is 0 Å². The molecule has 7 heteroatoms. The van der Waals surface area contributed by atoms with E-state index in [0.717, 1.165) is 4.88 Å². The van der Waals surface area contributed by atoms with Gasteiger partial charge in [0.2, 0.25) is 0 Å². The number of aromatic nitrogens is 1. The summed E-state index contributed by atoms with van der Waals surface area (Å²) in [6.07, 6.45) is 2.19. The molecule has 0 saturated carbocycles. The first kappa shape index (κ1) is 11.8. The number of aliphatic carboxylic acids is 1. The predicted molar refractivity (Wildman–Crippen MR) is 61.6 cm³/mol. The molecule has 2 rings (SSSR count). The molecule has 0 aliphatic carbocycles. The summed E-state index contributed by atoms with van der Waals surface area (Å²) in [6.45, 7) is 1.73. The van der Waals surface area contributed by atoms with E-state index in [1.165, 1.54) is 11.3 Å². The van der Waals surface area contributed by atoms with Gasteiger partial charge in [0, 0.05) is 30.7 Å². The van der Waals surface area contributed by atoms with Crippen LogP contribution in [0.15, 0.2) is 6.20 Å².